The van der Waals surface area contributed by atoms with E-state index in [4.69, 9.17) is 12.2 Å². The number of hydrogen-bond acceptors (Lipinski definition) is 5. The molecule has 1 aliphatic heterocycles. The summed E-state index contributed by atoms with van der Waals surface area (Å²) >= 11 is 7.28. The monoisotopic (exact) mass is 379 g/mol. The van der Waals surface area contributed by atoms with Crippen molar-refractivity contribution in [3.8, 4) is 5.69 Å². The van der Waals surface area contributed by atoms with Crippen molar-refractivity contribution in [2.75, 3.05) is 0 Å². The Labute approximate surface area is 159 Å². The number of rotatable bonds is 3. The molecule has 1 saturated heterocycles. The second-order valence-corrected chi connectivity index (χ2v) is 7.57. The number of thiophene rings is 1. The van der Waals surface area contributed by atoms with Crippen LogP contribution in [-0.2, 0) is 0 Å². The zero-order valence-electron chi connectivity index (χ0n) is 13.8. The minimum Gasteiger partial charge on any atom is -0.270 e. The van der Waals surface area contributed by atoms with Crippen LogP contribution in [0.5, 0.6) is 0 Å². The van der Waals surface area contributed by atoms with Crippen LogP contribution in [-0.4, -0.2) is 14.8 Å². The zero-order valence-corrected chi connectivity index (χ0v) is 15.5. The molecule has 1 aliphatic rings. The van der Waals surface area contributed by atoms with Crippen LogP contribution < -0.4 is 10.9 Å². The van der Waals surface area contributed by atoms with E-state index in [0.29, 0.717) is 4.77 Å². The second-order valence-electron chi connectivity index (χ2n) is 6.41. The van der Waals surface area contributed by atoms with E-state index in [9.17, 15) is 0 Å². The fourth-order valence-electron chi connectivity index (χ4n) is 3.60. The van der Waals surface area contributed by atoms with Crippen LogP contribution >= 0.6 is 23.6 Å². The molecule has 1 fully saturated rings. The van der Waals surface area contributed by atoms with E-state index in [1.165, 1.54) is 10.9 Å². The highest BCUT2D eigenvalue weighted by Gasteiger charge is 2.30. The van der Waals surface area contributed by atoms with Crippen molar-refractivity contribution in [3.63, 3.8) is 0 Å². The van der Waals surface area contributed by atoms with Crippen molar-refractivity contribution >= 4 is 34.3 Å². The van der Waals surface area contributed by atoms with E-state index in [1.54, 1.807) is 11.3 Å². The maximum atomic E-state index is 5.56. The number of fused-ring (bicyclic) bond motifs is 1. The summed E-state index contributed by atoms with van der Waals surface area (Å²) in [6, 6.07) is 17.1. The summed E-state index contributed by atoms with van der Waals surface area (Å²) in [7, 11) is 0. The highest BCUT2D eigenvalue weighted by atomic mass is 32.1. The normalized spacial score (nSPS) is 20.0. The predicted octanol–water partition coefficient (Wildman–Crippen LogP) is 4.42. The number of H-pyrrole nitrogens is 1. The Morgan fingerprint density at radius 3 is 2.77 bits per heavy atom. The lowest BCUT2D eigenvalue weighted by Crippen LogP contribution is -2.27. The van der Waals surface area contributed by atoms with E-state index in [2.05, 4.69) is 80.3 Å². The van der Waals surface area contributed by atoms with Gasteiger partial charge in [0.15, 0.2) is 10.6 Å². The lowest BCUT2D eigenvalue weighted by atomic mass is 10.0. The molecule has 7 heteroatoms. The van der Waals surface area contributed by atoms with Crippen LogP contribution in [0.15, 0.2) is 59.3 Å². The zero-order chi connectivity index (χ0) is 17.5. The maximum Gasteiger partial charge on any atom is 0.199 e. The summed E-state index contributed by atoms with van der Waals surface area (Å²) in [6.45, 7) is 0. The first-order chi connectivity index (χ1) is 12.8. The molecule has 0 amide bonds. The van der Waals surface area contributed by atoms with Gasteiger partial charge in [-0.1, -0.05) is 36.4 Å². The molecule has 0 aliphatic carbocycles. The van der Waals surface area contributed by atoms with Crippen molar-refractivity contribution in [2.24, 2.45) is 0 Å². The van der Waals surface area contributed by atoms with Gasteiger partial charge in [0.25, 0.3) is 0 Å². The summed E-state index contributed by atoms with van der Waals surface area (Å²) in [4.78, 5) is 0. The van der Waals surface area contributed by atoms with E-state index in [-0.39, 0.29) is 12.1 Å². The van der Waals surface area contributed by atoms with Crippen molar-refractivity contribution in [1.82, 2.24) is 25.6 Å². The Hall–Kier alpha value is -2.32. The average molecular weight is 380 g/mol. The molecule has 26 heavy (non-hydrogen) atoms. The van der Waals surface area contributed by atoms with Gasteiger partial charge in [-0.05, 0) is 52.5 Å². The number of aromatic amines is 1. The van der Waals surface area contributed by atoms with Crippen molar-refractivity contribution in [1.29, 1.82) is 0 Å². The lowest BCUT2D eigenvalue weighted by Gasteiger charge is -2.14. The molecule has 0 bridgehead atoms. The average Bonchev–Trinajstić information content (AvgIpc) is 3.41. The predicted molar refractivity (Wildman–Crippen MR) is 107 cm³/mol. The molecule has 2 aromatic carbocycles. The maximum absolute atomic E-state index is 5.56. The van der Waals surface area contributed by atoms with Crippen molar-refractivity contribution in [3.05, 3.63) is 75.4 Å². The molecule has 4 aromatic rings. The third-order valence-corrected chi connectivity index (χ3v) is 5.84. The molecule has 5 rings (SSSR count). The summed E-state index contributed by atoms with van der Waals surface area (Å²) < 4.78 is 2.66. The first-order valence-electron chi connectivity index (χ1n) is 8.50. The first-order valence-corrected chi connectivity index (χ1v) is 9.85. The minimum atomic E-state index is 0.0758. The number of nitrogens with one attached hydrogen (secondary N) is 3. The quantitative estimate of drug-likeness (QED) is 0.461. The largest absolute Gasteiger partial charge is 0.270 e. The molecule has 0 spiro atoms. The van der Waals surface area contributed by atoms with Gasteiger partial charge in [0.1, 0.15) is 0 Å². The Bertz CT molecular complexity index is 1110. The van der Waals surface area contributed by atoms with Crippen LogP contribution in [0.1, 0.15) is 29.9 Å². The molecule has 2 atom stereocenters. The Morgan fingerprint density at radius 1 is 1.04 bits per heavy atom. The first kappa shape index (κ1) is 15.9. The lowest BCUT2D eigenvalue weighted by molar-refractivity contribution is 0.535. The Kier molecular flexibility index (Phi) is 3.94. The Balaban J connectivity index is 1.58. The molecule has 0 radical (unpaired) electrons. The summed E-state index contributed by atoms with van der Waals surface area (Å²) in [5.41, 5.74) is 9.13. The van der Waals surface area contributed by atoms with Gasteiger partial charge in [-0.15, -0.1) is 0 Å². The van der Waals surface area contributed by atoms with Gasteiger partial charge in [0.05, 0.1) is 11.7 Å². The third-order valence-electron chi connectivity index (χ3n) is 4.87. The highest BCUT2D eigenvalue weighted by Crippen LogP contribution is 2.33. The van der Waals surface area contributed by atoms with Gasteiger partial charge in [-0.3, -0.25) is 9.67 Å². The molecule has 0 saturated carbocycles. The van der Waals surface area contributed by atoms with Crippen molar-refractivity contribution < 1.29 is 0 Å². The highest BCUT2D eigenvalue weighted by molar-refractivity contribution is 7.71. The van der Waals surface area contributed by atoms with Gasteiger partial charge in [-0.25, -0.2) is 10.9 Å². The fraction of sp³-hybridized carbons (Fsp3) is 0.158. The number of hydrogen-bond donors (Lipinski definition) is 3. The molecular formula is C19H17N5S2. The smallest absolute Gasteiger partial charge is 0.199 e. The molecule has 130 valence electrons. The van der Waals surface area contributed by atoms with Crippen molar-refractivity contribution in [2.45, 2.75) is 18.5 Å². The van der Waals surface area contributed by atoms with E-state index in [0.717, 1.165) is 23.3 Å². The minimum absolute atomic E-state index is 0.0758. The van der Waals surface area contributed by atoms with E-state index in [1.807, 2.05) is 4.57 Å². The van der Waals surface area contributed by atoms with Crippen LogP contribution in [0.2, 0.25) is 0 Å². The molecular weight excluding hydrogens is 362 g/mol. The van der Waals surface area contributed by atoms with Crippen LogP contribution in [0, 0.1) is 4.77 Å². The summed E-state index contributed by atoms with van der Waals surface area (Å²) in [5, 5.41) is 14.2. The fourth-order valence-corrected chi connectivity index (χ4v) is 4.55. The second kappa shape index (κ2) is 6.44. The van der Waals surface area contributed by atoms with Crippen LogP contribution in [0.25, 0.3) is 16.5 Å². The standard InChI is InChI=1S/C19H17N5S2/c25-19-23-22-18(16-10-15(20-21-16)13-8-9-26-11-13)24(19)17-7-3-5-12-4-1-2-6-14(12)17/h1-9,11,15-16,20-21H,10H2,(H,23,25). The third kappa shape index (κ3) is 2.60. The van der Waals surface area contributed by atoms with Gasteiger partial charge >= 0.3 is 0 Å². The topological polar surface area (TPSA) is 57.7 Å². The van der Waals surface area contributed by atoms with Crippen LogP contribution in [0.4, 0.5) is 0 Å². The number of hydrazine groups is 1. The van der Waals surface area contributed by atoms with E-state index >= 15 is 0 Å². The number of benzene rings is 2. The molecule has 3 heterocycles. The summed E-state index contributed by atoms with van der Waals surface area (Å²) in [5.74, 6) is 0.900. The van der Waals surface area contributed by atoms with Gasteiger partial charge in [0, 0.05) is 11.4 Å². The number of nitrogens with zero attached hydrogens (tertiary/aromatic N) is 2. The van der Waals surface area contributed by atoms with Gasteiger partial charge in [-0.2, -0.15) is 16.4 Å². The molecule has 5 nitrogen and oxygen atoms in total. The number of aromatic nitrogens is 3. The molecule has 2 unspecified atom stereocenters. The van der Waals surface area contributed by atoms with Crippen LogP contribution in [0.3, 0.4) is 0 Å². The molecule has 3 N–H and O–H groups in total. The molecule has 2 aromatic heterocycles. The summed E-state index contributed by atoms with van der Waals surface area (Å²) in [6.07, 6.45) is 0.918. The van der Waals surface area contributed by atoms with E-state index < -0.39 is 0 Å². The SMILES string of the molecule is S=c1[nH]nc(C2CC(c3ccsc3)NN2)n1-c1cccc2ccccc12. The Morgan fingerprint density at radius 2 is 1.88 bits per heavy atom. The van der Waals surface area contributed by atoms with Gasteiger partial charge < -0.3 is 0 Å². The van der Waals surface area contributed by atoms with Gasteiger partial charge in [0.2, 0.25) is 0 Å².